The third-order valence-corrected chi connectivity index (χ3v) is 3.86. The van der Waals surface area contributed by atoms with Crippen LogP contribution in [-0.4, -0.2) is 35.8 Å². The average Bonchev–Trinajstić information content (AvgIpc) is 3.51. The maximum atomic E-state index is 10.0. The first-order chi connectivity index (χ1) is 15.5. The summed E-state index contributed by atoms with van der Waals surface area (Å²) in [5.74, 6) is 1.44. The van der Waals surface area contributed by atoms with Crippen molar-refractivity contribution >= 4 is 0 Å². The van der Waals surface area contributed by atoms with Crippen molar-refractivity contribution in [2.45, 2.75) is 51.0 Å². The van der Waals surface area contributed by atoms with E-state index in [9.17, 15) is 5.11 Å². The van der Waals surface area contributed by atoms with Gasteiger partial charge in [-0.25, -0.2) is 0 Å². The third-order valence-electron chi connectivity index (χ3n) is 3.86. The van der Waals surface area contributed by atoms with E-state index < -0.39 is 18.0 Å². The fourth-order valence-electron chi connectivity index (χ4n) is 2.73. The van der Waals surface area contributed by atoms with E-state index in [-0.39, 0.29) is 33.6 Å². The van der Waals surface area contributed by atoms with Crippen LogP contribution in [0.4, 0.5) is 0 Å². The molecule has 1 aromatic rings. The van der Waals surface area contributed by atoms with E-state index in [1.807, 2.05) is 62.4 Å². The van der Waals surface area contributed by atoms with Crippen LogP contribution in [-0.2, 0) is 55.8 Å². The van der Waals surface area contributed by atoms with Crippen LogP contribution in [0.5, 0.6) is 0 Å². The number of ether oxygens (including phenoxy) is 3. The molecule has 0 unspecified atom stereocenters. The minimum atomic E-state index is -0.811. The van der Waals surface area contributed by atoms with Crippen molar-refractivity contribution in [3.05, 3.63) is 94.4 Å². The summed E-state index contributed by atoms with van der Waals surface area (Å²) >= 11 is 0. The van der Waals surface area contributed by atoms with E-state index in [4.69, 9.17) is 34.6 Å². The quantitative estimate of drug-likeness (QED) is 0.299. The molecule has 2 aliphatic rings. The van der Waals surface area contributed by atoms with Gasteiger partial charge in [-0.3, -0.25) is 0 Å². The van der Waals surface area contributed by atoms with Crippen LogP contribution in [0.25, 0.3) is 0 Å². The monoisotopic (exact) mass is 622 g/mol. The van der Waals surface area contributed by atoms with Crippen molar-refractivity contribution in [3.63, 3.8) is 0 Å². The molecule has 1 aromatic carbocycles. The van der Waals surface area contributed by atoms with Crippen LogP contribution in [0, 0.1) is 64.4 Å². The Morgan fingerprint density at radius 2 is 1.45 bits per heavy atom. The third kappa shape index (κ3) is 16.7. The second-order valence-electron chi connectivity index (χ2n) is 6.55. The number of hydrogen-bond donors (Lipinski definition) is 1. The Labute approximate surface area is 212 Å². The minimum Gasteiger partial charge on any atom is -0.0312 e. The van der Waals surface area contributed by atoms with Crippen molar-refractivity contribution in [1.29, 1.82) is 0 Å². The average molecular weight is 622 g/mol. The molecular weight excluding hydrogens is 596 g/mol. The van der Waals surface area contributed by atoms with Crippen LogP contribution < -0.4 is 0 Å². The second-order valence-corrected chi connectivity index (χ2v) is 6.55. The summed E-state index contributed by atoms with van der Waals surface area (Å²) in [7, 11) is 0. The van der Waals surface area contributed by atoms with Gasteiger partial charge in [0.25, 0.3) is 0 Å². The summed E-state index contributed by atoms with van der Waals surface area (Å²) in [6.07, 6.45) is 15.4. The van der Waals surface area contributed by atoms with Gasteiger partial charge in [-0.15, -0.1) is 0 Å². The van der Waals surface area contributed by atoms with Gasteiger partial charge in [-0.1, -0.05) is 30.3 Å². The SMILES string of the molecule is [C-]#CC[C@H](O)[C@@H]1OC(C)(C)O[C@H]1COCc1ccccc1.[C-]#[O+].[C-]#[O+].[C-]#[O+].[CH]1[CH][CH][CH][CH]1.[W+2]. The van der Waals surface area contributed by atoms with Crippen molar-refractivity contribution in [2.75, 3.05) is 6.61 Å². The first kappa shape index (κ1) is 36.1. The van der Waals surface area contributed by atoms with Gasteiger partial charge in [-0.2, -0.15) is 0 Å². The van der Waals surface area contributed by atoms with Gasteiger partial charge < -0.3 is 31.7 Å². The van der Waals surface area contributed by atoms with Crippen LogP contribution in [0.3, 0.4) is 0 Å². The van der Waals surface area contributed by atoms with Crippen molar-refractivity contribution < 1.29 is 54.3 Å². The molecule has 5 radical (unpaired) electrons. The molecule has 1 N–H and O–H groups in total. The summed E-state index contributed by atoms with van der Waals surface area (Å²) in [5.41, 5.74) is 1.08. The van der Waals surface area contributed by atoms with Crippen molar-refractivity contribution in [2.24, 2.45) is 0 Å². The van der Waals surface area contributed by atoms with E-state index in [0.717, 1.165) is 5.56 Å². The summed E-state index contributed by atoms with van der Waals surface area (Å²) < 4.78 is 39.6. The summed E-state index contributed by atoms with van der Waals surface area (Å²) in [5, 5.41) is 10.0. The Kier molecular flexibility index (Phi) is 25.9. The van der Waals surface area contributed by atoms with Crippen LogP contribution in [0.1, 0.15) is 25.8 Å². The standard InChI is InChI=1S/C17H21O4.C5H5.3CO.W/c1-4-8-14(18)16-15(20-17(2,3)21-16)12-19-11-13-9-6-5-7-10-13;1-2-4-5-3-1;3*1-2;/h5-7,9-10,14-16,18H,8,11-12H2,2-3H3;1-5H;;;;/q-1;;;;;+2/t14-,15-,16-;;;;;/m0...../s1. The van der Waals surface area contributed by atoms with Crippen molar-refractivity contribution in [1.82, 2.24) is 0 Å². The Bertz CT molecular complexity index is 654. The van der Waals surface area contributed by atoms with Gasteiger partial charge in [0.15, 0.2) is 5.79 Å². The molecule has 1 heterocycles. The molecule has 3 rings (SSSR count). The Balaban J connectivity index is -0.000000633. The maximum absolute atomic E-state index is 10.0. The maximum Gasteiger partial charge on any atom is 2.00 e. The molecule has 1 aliphatic heterocycles. The molecule has 0 aromatic heterocycles. The molecule has 8 heteroatoms. The van der Waals surface area contributed by atoms with E-state index >= 15 is 0 Å². The predicted molar refractivity (Wildman–Crippen MR) is 111 cm³/mol. The molecule has 0 bridgehead atoms. The molecule has 0 amide bonds. The zero-order valence-electron chi connectivity index (χ0n) is 18.4. The Hall–Kier alpha value is -1.47. The molecular formula is C25H26O7W+. The van der Waals surface area contributed by atoms with Gasteiger partial charge in [0.05, 0.1) is 19.3 Å². The Morgan fingerprint density at radius 1 is 0.970 bits per heavy atom. The topological polar surface area (TPSA) is 108 Å². The number of aliphatic hydroxyl groups excluding tert-OH is 1. The van der Waals surface area contributed by atoms with Crippen LogP contribution in [0.2, 0.25) is 0 Å². The van der Waals surface area contributed by atoms with E-state index in [1.165, 1.54) is 0 Å². The van der Waals surface area contributed by atoms with Gasteiger partial charge in [0.2, 0.25) is 0 Å². The summed E-state index contributed by atoms with van der Waals surface area (Å²) in [6.45, 7) is 17.9. The van der Waals surface area contributed by atoms with Gasteiger partial charge in [0.1, 0.15) is 12.2 Å². The van der Waals surface area contributed by atoms with E-state index in [1.54, 1.807) is 13.8 Å². The molecule has 1 aliphatic carbocycles. The fourth-order valence-corrected chi connectivity index (χ4v) is 2.73. The van der Waals surface area contributed by atoms with Gasteiger partial charge in [0, 0.05) is 0 Å². The number of benzene rings is 1. The Morgan fingerprint density at radius 3 is 1.91 bits per heavy atom. The molecule has 1 saturated heterocycles. The largest absolute Gasteiger partial charge is 2.00 e. The number of hydrogen-bond acceptors (Lipinski definition) is 4. The normalized spacial score (nSPS) is 20.0. The summed E-state index contributed by atoms with van der Waals surface area (Å²) in [4.78, 5) is 0. The zero-order valence-corrected chi connectivity index (χ0v) is 21.4. The first-order valence-electron chi connectivity index (χ1n) is 9.35. The molecule has 0 spiro atoms. The number of aliphatic hydroxyl groups is 1. The molecule has 1 saturated carbocycles. The second kappa shape index (κ2) is 23.7. The smallest absolute Gasteiger partial charge is 0.0312 e. The van der Waals surface area contributed by atoms with E-state index in [2.05, 4.69) is 25.9 Å². The van der Waals surface area contributed by atoms with Gasteiger partial charge in [-0.05, 0) is 57.9 Å². The van der Waals surface area contributed by atoms with E-state index in [0.29, 0.717) is 13.2 Å². The predicted octanol–water partition coefficient (Wildman–Crippen LogP) is 2.97. The van der Waals surface area contributed by atoms with Crippen molar-refractivity contribution in [3.8, 4) is 5.92 Å². The molecule has 3 atom stereocenters. The summed E-state index contributed by atoms with van der Waals surface area (Å²) in [6, 6.07) is 9.87. The fraction of sp³-hybridized carbons (Fsp3) is 0.360. The zero-order chi connectivity index (χ0) is 24.8. The molecule has 33 heavy (non-hydrogen) atoms. The van der Waals surface area contributed by atoms with Gasteiger partial charge >= 0.3 is 55.0 Å². The van der Waals surface area contributed by atoms with Crippen LogP contribution in [0.15, 0.2) is 30.3 Å². The molecule has 7 nitrogen and oxygen atoms in total. The molecule has 173 valence electrons. The van der Waals surface area contributed by atoms with Crippen LogP contribution >= 0.6 is 0 Å². The number of rotatable bonds is 6. The minimum absolute atomic E-state index is 0. The molecule has 2 fully saturated rings. The first-order valence-corrected chi connectivity index (χ1v) is 9.35.